The fourth-order valence-electron chi connectivity index (χ4n) is 10.0. The highest BCUT2D eigenvalue weighted by atomic mass is 35.5. The molecule has 6 N–H and O–H groups in total. The molecule has 2 saturated heterocycles. The molecule has 80 heavy (non-hydrogen) atoms. The van der Waals surface area contributed by atoms with Crippen molar-refractivity contribution in [1.82, 2.24) is 35.9 Å². The number of fused-ring (bicyclic) bond motifs is 6. The van der Waals surface area contributed by atoms with Gasteiger partial charge in [-0.3, -0.25) is 34.7 Å². The molecule has 1 aromatic heterocycles. The molecular formula is C56H77ClN8O15. The van der Waals surface area contributed by atoms with Gasteiger partial charge in [0.2, 0.25) is 23.6 Å². The van der Waals surface area contributed by atoms with Gasteiger partial charge in [-0.2, -0.15) is 0 Å². The molecule has 438 valence electrons. The van der Waals surface area contributed by atoms with E-state index in [1.54, 1.807) is 38.1 Å². The second-order valence-corrected chi connectivity index (χ2v) is 21.2. The summed E-state index contributed by atoms with van der Waals surface area (Å²) in [6.45, 7) is 7.52. The Hall–Kier alpha value is -6.60. The number of allylic oxidation sites excluding steroid dienone is 3. The van der Waals surface area contributed by atoms with Gasteiger partial charge in [0.1, 0.15) is 46.8 Å². The number of ether oxygens (including phenoxy) is 6. The van der Waals surface area contributed by atoms with Crippen LogP contribution < -0.4 is 31.0 Å². The van der Waals surface area contributed by atoms with Crippen LogP contribution in [0.15, 0.2) is 66.3 Å². The number of carboxylic acids is 1. The molecule has 0 spiro atoms. The molecule has 24 heteroatoms. The third-order valence-corrected chi connectivity index (χ3v) is 15.4. The molecule has 2 aromatic carbocycles. The fourth-order valence-corrected chi connectivity index (χ4v) is 10.3. The minimum absolute atomic E-state index is 0.0212. The number of nitrogens with one attached hydrogen (secondary N) is 4. The van der Waals surface area contributed by atoms with Gasteiger partial charge in [0, 0.05) is 77.7 Å². The second-order valence-electron chi connectivity index (χ2n) is 20.8. The van der Waals surface area contributed by atoms with Crippen LogP contribution in [0.2, 0.25) is 5.02 Å². The molecule has 2 fully saturated rings. The number of aryl methyl sites for hydroxylation is 1. The Labute approximate surface area is 471 Å². The Bertz CT molecular complexity index is 2810. The smallest absolute Gasteiger partial charge is 0.409 e. The number of carboxylic acid groups (broad SMARTS) is 1. The van der Waals surface area contributed by atoms with E-state index in [-0.39, 0.29) is 56.9 Å². The number of aliphatic carboxylic acids is 1. The minimum atomic E-state index is -1.89. The van der Waals surface area contributed by atoms with Crippen LogP contribution in [0.3, 0.4) is 0 Å². The Morgan fingerprint density at radius 1 is 1.05 bits per heavy atom. The van der Waals surface area contributed by atoms with Gasteiger partial charge in [0.05, 0.1) is 51.5 Å². The monoisotopic (exact) mass is 1140 g/mol. The number of hydrogen-bond acceptors (Lipinski definition) is 16. The highest BCUT2D eigenvalue weighted by Gasteiger charge is 2.64. The lowest BCUT2D eigenvalue weighted by atomic mass is 9.83. The van der Waals surface area contributed by atoms with Crippen LogP contribution in [0.25, 0.3) is 10.9 Å². The molecule has 0 saturated carbocycles. The zero-order valence-corrected chi connectivity index (χ0v) is 47.9. The largest absolute Gasteiger partial charge is 0.495 e. The van der Waals surface area contributed by atoms with Gasteiger partial charge < -0.3 is 63.6 Å². The molecule has 0 radical (unpaired) electrons. The average molecular weight is 1140 g/mol. The van der Waals surface area contributed by atoms with Gasteiger partial charge in [-0.15, -0.1) is 0 Å². The molecule has 3 aliphatic rings. The summed E-state index contributed by atoms with van der Waals surface area (Å²) in [5.74, 6) is -4.29. The van der Waals surface area contributed by atoms with Crippen LogP contribution in [-0.2, 0) is 72.0 Å². The van der Waals surface area contributed by atoms with Gasteiger partial charge in [0.15, 0.2) is 5.72 Å². The van der Waals surface area contributed by atoms with Crippen LogP contribution in [0, 0.1) is 5.92 Å². The van der Waals surface area contributed by atoms with E-state index in [0.29, 0.717) is 30.9 Å². The van der Waals surface area contributed by atoms with E-state index in [1.165, 1.54) is 45.0 Å². The number of hydrazine groups is 1. The number of alkyl carbamates (subject to hydrolysis) is 1. The average Bonchev–Trinajstić information content (AvgIpc) is 4.24. The molecule has 3 aliphatic heterocycles. The number of carbonyl (C=O) groups is 7. The maximum atomic E-state index is 14.4. The first-order valence-corrected chi connectivity index (χ1v) is 27.0. The van der Waals surface area contributed by atoms with E-state index >= 15 is 0 Å². The number of epoxide rings is 1. The normalized spacial score (nSPS) is 25.0. The molecule has 0 aliphatic carbocycles. The zero-order chi connectivity index (χ0) is 58.6. The molecule has 6 rings (SSSR count). The summed E-state index contributed by atoms with van der Waals surface area (Å²) in [6, 6.07) is 11.1. The van der Waals surface area contributed by atoms with Gasteiger partial charge in [-0.25, -0.2) is 14.6 Å². The van der Waals surface area contributed by atoms with Crippen molar-refractivity contribution >= 4 is 69.9 Å². The Morgan fingerprint density at radius 3 is 2.49 bits per heavy atom. The first-order valence-electron chi connectivity index (χ1n) is 26.6. The van der Waals surface area contributed by atoms with E-state index < -0.39 is 102 Å². The number of anilines is 1. The van der Waals surface area contributed by atoms with Gasteiger partial charge in [0.25, 0.3) is 0 Å². The highest BCUT2D eigenvalue weighted by Crippen LogP contribution is 2.49. The molecule has 9 atom stereocenters. The number of hydrogen-bond donors (Lipinski definition) is 6. The topological polar surface area (TPSA) is 281 Å². The Morgan fingerprint density at radius 2 is 1.79 bits per heavy atom. The minimum Gasteiger partial charge on any atom is -0.495 e. The lowest BCUT2D eigenvalue weighted by Gasteiger charge is -2.42. The number of carbonyl (C=O) groups excluding carboxylic acids is 6. The summed E-state index contributed by atoms with van der Waals surface area (Å²) in [4.78, 5) is 95.6. The quantitative estimate of drug-likeness (QED) is 0.0359. The predicted molar refractivity (Wildman–Crippen MR) is 295 cm³/mol. The molecule has 5 amide bonds. The number of likely N-dealkylation sites (N-methyl/N-ethyl adjacent to an activating group) is 1. The summed E-state index contributed by atoms with van der Waals surface area (Å²) in [6.07, 6.45) is -0.387. The Kier molecular flexibility index (Phi) is 21.7. The van der Waals surface area contributed by atoms with Gasteiger partial charge >= 0.3 is 18.0 Å². The first-order chi connectivity index (χ1) is 37.9. The van der Waals surface area contributed by atoms with Crippen molar-refractivity contribution in [2.24, 2.45) is 5.92 Å². The van der Waals surface area contributed by atoms with E-state index in [2.05, 4.69) is 27.4 Å². The molecule has 3 aromatic rings. The first kappa shape index (κ1) is 62.6. The number of para-hydroxylation sites is 1. The molecule has 4 bridgehead atoms. The third kappa shape index (κ3) is 15.6. The number of nitrogens with zero attached hydrogens (tertiary/aromatic N) is 4. The fraction of sp³-hybridized carbons (Fsp3) is 0.554. The van der Waals surface area contributed by atoms with Crippen molar-refractivity contribution in [3.63, 3.8) is 0 Å². The van der Waals surface area contributed by atoms with E-state index in [9.17, 15) is 43.8 Å². The molecular weight excluding hydrogens is 1060 g/mol. The summed E-state index contributed by atoms with van der Waals surface area (Å²) in [5, 5.41) is 32.2. The maximum Gasteiger partial charge on any atom is 0.409 e. The third-order valence-electron chi connectivity index (χ3n) is 15.1. The maximum absolute atomic E-state index is 14.4. The van der Waals surface area contributed by atoms with E-state index in [1.807, 2.05) is 60.9 Å². The van der Waals surface area contributed by atoms with Crippen LogP contribution in [-0.4, -0.2) is 176 Å². The van der Waals surface area contributed by atoms with Gasteiger partial charge in [-0.05, 0) is 75.9 Å². The van der Waals surface area contributed by atoms with Crippen molar-refractivity contribution < 1.29 is 72.2 Å². The van der Waals surface area contributed by atoms with Crippen molar-refractivity contribution in [2.75, 3.05) is 67.1 Å². The number of benzene rings is 2. The molecule has 23 nitrogen and oxygen atoms in total. The van der Waals surface area contributed by atoms with E-state index in [0.717, 1.165) is 27.7 Å². The summed E-state index contributed by atoms with van der Waals surface area (Å²) >= 11 is 6.82. The highest BCUT2D eigenvalue weighted by molar-refractivity contribution is 6.35. The lowest BCUT2D eigenvalue weighted by Crippen LogP contribution is -2.63. The van der Waals surface area contributed by atoms with Crippen LogP contribution in [0.4, 0.5) is 10.5 Å². The summed E-state index contributed by atoms with van der Waals surface area (Å²) in [5.41, 5.74) is 3.76. The van der Waals surface area contributed by atoms with Crippen LogP contribution >= 0.6 is 11.6 Å². The number of esters is 1. The second kappa shape index (κ2) is 27.7. The number of halogens is 1. The molecule has 4 heterocycles. The van der Waals surface area contributed by atoms with Gasteiger partial charge in [-0.1, -0.05) is 60.5 Å². The standard InChI is InChI=1S/C56H77ClN8O15/c1-33-14-13-17-44(76-10)56(74)31-43(78-54(73)61-56)34(2)51-55(4,80-51)45(30-48(68)64(8)41-27-36(26-33)28-42(75-9)50(41)57)79-53(72)35(3)63(7)47(67)21-24-77-25-22-59-52(71)39(18-19-49(69)70)60-46(66)20-23-65-38(32-62(6)58-5)29-37-15-11-12-16-40(37)65/h11-17,27-29,34-35,39,43-45,51,58,74H,18-26,30-32H2,1-10H3,(H,59,71)(H,60,66)(H,61,73)(H,69,70)/b17-13+,33-14+/t34-,35+,39+,43+,44-,45+,51+,55+,56+/m1/s1. The number of aliphatic hydroxyl groups is 1. The lowest BCUT2D eigenvalue weighted by molar-refractivity contribution is -0.162. The summed E-state index contributed by atoms with van der Waals surface area (Å²) < 4.78 is 37.1. The summed E-state index contributed by atoms with van der Waals surface area (Å²) in [7, 11) is 9.53. The van der Waals surface area contributed by atoms with Crippen molar-refractivity contribution in [1.29, 1.82) is 0 Å². The van der Waals surface area contributed by atoms with Crippen molar-refractivity contribution in [2.45, 2.75) is 134 Å². The molecule has 0 unspecified atom stereocenters. The number of amides is 5. The predicted octanol–water partition coefficient (Wildman–Crippen LogP) is 4.00. The van der Waals surface area contributed by atoms with Crippen molar-refractivity contribution in [3.05, 3.63) is 82.5 Å². The van der Waals surface area contributed by atoms with Crippen LogP contribution in [0.1, 0.15) is 77.5 Å². The number of rotatable bonds is 22. The van der Waals surface area contributed by atoms with E-state index in [4.69, 9.17) is 40.0 Å². The van der Waals surface area contributed by atoms with Crippen LogP contribution in [0.5, 0.6) is 5.75 Å². The number of methoxy groups -OCH3 is 2. The van der Waals surface area contributed by atoms with Crippen molar-refractivity contribution in [3.8, 4) is 5.75 Å². The zero-order valence-electron chi connectivity index (χ0n) is 47.2. The number of aromatic nitrogens is 1. The Balaban J connectivity index is 1.07. The SMILES string of the molecule is CNN(C)Cc1cc2ccccc2n1CCC(=O)N[C@@H](CCC(=O)O)C(=O)NCCOCCC(=O)N(C)[C@@H](C)C(=O)O[C@H]1CC(=O)N(C)c2cc(cc(OC)c2Cl)C/C(C)=C/C=C/[C@@H](OC)[C@@]2(O)C[C@H](OC(=O)N2)[C@@H](C)[C@@H]2O[C@@]12C.